The summed E-state index contributed by atoms with van der Waals surface area (Å²) in [5.74, 6) is 0.975. The summed E-state index contributed by atoms with van der Waals surface area (Å²) in [5.41, 5.74) is 17.7. The van der Waals surface area contributed by atoms with Crippen LogP contribution in [-0.2, 0) is 6.42 Å². The van der Waals surface area contributed by atoms with E-state index in [0.29, 0.717) is 0 Å². The van der Waals surface area contributed by atoms with Crippen LogP contribution in [-0.4, -0.2) is 16.1 Å². The van der Waals surface area contributed by atoms with Crippen LogP contribution in [0.4, 0.5) is 11.4 Å². The van der Waals surface area contributed by atoms with Crippen LogP contribution in [0.1, 0.15) is 71.9 Å². The number of nitrogens with zero attached hydrogens (tertiary/aromatic N) is 3. The Bertz CT molecular complexity index is 2400. The van der Waals surface area contributed by atoms with Gasteiger partial charge in [0, 0.05) is 40.4 Å². The first-order valence-electron chi connectivity index (χ1n) is 19.2. The molecule has 0 radical (unpaired) electrons. The Hall–Kier alpha value is -6.13. The molecule has 8 rings (SSSR count). The molecule has 1 unspecified atom stereocenters. The van der Waals surface area contributed by atoms with Crippen molar-refractivity contribution in [2.24, 2.45) is 0 Å². The van der Waals surface area contributed by atoms with Crippen molar-refractivity contribution in [2.45, 2.75) is 53.0 Å². The second kappa shape index (κ2) is 15.1. The fourth-order valence-corrected chi connectivity index (χ4v) is 8.06. The van der Waals surface area contributed by atoms with E-state index in [4.69, 9.17) is 4.98 Å². The Balaban J connectivity index is 1.17. The van der Waals surface area contributed by atoms with Crippen LogP contribution in [0.5, 0.6) is 0 Å². The number of hydrogen-bond acceptors (Lipinski definition) is 3. The van der Waals surface area contributed by atoms with Gasteiger partial charge in [-0.3, -0.25) is 4.57 Å². The number of benzene rings is 5. The molecule has 0 amide bonds. The monoisotopic (exact) mass is 704 g/mol. The highest BCUT2D eigenvalue weighted by molar-refractivity contribution is 5.81. The highest BCUT2D eigenvalue weighted by Crippen LogP contribution is 2.38. The van der Waals surface area contributed by atoms with E-state index in [1.807, 2.05) is 0 Å². The van der Waals surface area contributed by atoms with Crippen molar-refractivity contribution < 1.29 is 0 Å². The number of imidazole rings is 1. The van der Waals surface area contributed by atoms with E-state index in [9.17, 15) is 0 Å². The van der Waals surface area contributed by atoms with Gasteiger partial charge >= 0.3 is 0 Å². The minimum atomic E-state index is -0.0265. The number of hydrogen-bond donors (Lipinski definition) is 1. The largest absolute Gasteiger partial charge is 0.374 e. The van der Waals surface area contributed by atoms with Gasteiger partial charge in [0.1, 0.15) is 5.82 Å². The maximum atomic E-state index is 5.35. The van der Waals surface area contributed by atoms with Crippen LogP contribution < -0.4 is 10.2 Å². The minimum absolute atomic E-state index is 0.0265. The highest BCUT2D eigenvalue weighted by Gasteiger charge is 2.23. The number of anilines is 2. The van der Waals surface area contributed by atoms with Crippen molar-refractivity contribution in [1.82, 2.24) is 14.9 Å². The molecular formula is C50H48N4. The summed E-state index contributed by atoms with van der Waals surface area (Å²) in [4.78, 5) is 7.76. The number of aromatic nitrogens is 2. The molecule has 0 bridgehead atoms. The third-order valence-electron chi connectivity index (χ3n) is 10.6. The smallest absolute Gasteiger partial charge is 0.145 e. The minimum Gasteiger partial charge on any atom is -0.374 e. The van der Waals surface area contributed by atoms with Crippen molar-refractivity contribution >= 4 is 28.7 Å². The van der Waals surface area contributed by atoms with E-state index in [1.165, 1.54) is 50.4 Å². The van der Waals surface area contributed by atoms with Crippen molar-refractivity contribution in [3.63, 3.8) is 0 Å². The third kappa shape index (κ3) is 6.76. The summed E-state index contributed by atoms with van der Waals surface area (Å²) in [6.45, 7) is 13.9. The molecule has 2 heterocycles. The predicted molar refractivity (Wildman–Crippen MR) is 229 cm³/mol. The topological polar surface area (TPSA) is 33.1 Å². The summed E-state index contributed by atoms with van der Waals surface area (Å²) in [7, 11) is 0. The molecule has 54 heavy (non-hydrogen) atoms. The highest BCUT2D eigenvalue weighted by atomic mass is 15.1. The lowest BCUT2D eigenvalue weighted by Gasteiger charge is -2.28. The van der Waals surface area contributed by atoms with Gasteiger partial charge in [0.15, 0.2) is 0 Å². The maximum Gasteiger partial charge on any atom is 0.145 e. The van der Waals surface area contributed by atoms with Crippen LogP contribution in [0, 0.1) is 13.8 Å². The molecule has 6 aromatic rings. The molecule has 0 spiro atoms. The lowest BCUT2D eigenvalue weighted by atomic mass is 9.90. The van der Waals surface area contributed by atoms with Crippen molar-refractivity contribution in [3.05, 3.63) is 185 Å². The second-order valence-corrected chi connectivity index (χ2v) is 14.6. The number of dihydropyridines is 1. The van der Waals surface area contributed by atoms with E-state index < -0.39 is 0 Å². The van der Waals surface area contributed by atoms with Crippen molar-refractivity contribution in [1.29, 1.82) is 0 Å². The molecule has 0 fully saturated rings. The van der Waals surface area contributed by atoms with Gasteiger partial charge < -0.3 is 10.2 Å². The zero-order valence-corrected chi connectivity index (χ0v) is 31.8. The van der Waals surface area contributed by atoms with Gasteiger partial charge in [-0.25, -0.2) is 4.98 Å². The van der Waals surface area contributed by atoms with Gasteiger partial charge in [-0.2, -0.15) is 0 Å². The number of allylic oxidation sites excluding steroid dienone is 4. The molecule has 1 aromatic heterocycles. The lowest BCUT2D eigenvalue weighted by Crippen LogP contribution is -2.21. The van der Waals surface area contributed by atoms with Gasteiger partial charge in [-0.1, -0.05) is 98.5 Å². The molecule has 1 N–H and O–H groups in total. The summed E-state index contributed by atoms with van der Waals surface area (Å²) in [6, 6.07) is 41.8. The van der Waals surface area contributed by atoms with Gasteiger partial charge in [0.2, 0.25) is 0 Å². The van der Waals surface area contributed by atoms with Gasteiger partial charge in [0.25, 0.3) is 0 Å². The van der Waals surface area contributed by atoms with E-state index in [-0.39, 0.29) is 6.04 Å². The van der Waals surface area contributed by atoms with Crippen LogP contribution in [0.3, 0.4) is 0 Å². The summed E-state index contributed by atoms with van der Waals surface area (Å²) < 4.78 is 2.34. The van der Waals surface area contributed by atoms with Crippen LogP contribution in [0.2, 0.25) is 0 Å². The molecule has 1 aliphatic heterocycles. The Labute approximate surface area is 320 Å². The molecule has 0 saturated heterocycles. The summed E-state index contributed by atoms with van der Waals surface area (Å²) in [6.07, 6.45) is 14.1. The number of fused-ring (bicyclic) bond motifs is 1. The average Bonchev–Trinajstić information content (AvgIpc) is 3.60. The second-order valence-electron chi connectivity index (χ2n) is 14.6. The zero-order valence-electron chi connectivity index (χ0n) is 31.8. The first-order valence-corrected chi connectivity index (χ1v) is 19.2. The third-order valence-corrected chi connectivity index (χ3v) is 10.6. The molecule has 4 nitrogen and oxygen atoms in total. The van der Waals surface area contributed by atoms with Gasteiger partial charge in [-0.15, -0.1) is 0 Å². The van der Waals surface area contributed by atoms with Crippen LogP contribution in [0.15, 0.2) is 146 Å². The number of aryl methyl sites for hydroxylation is 3. The normalized spacial score (nSPS) is 14.7. The lowest BCUT2D eigenvalue weighted by molar-refractivity contribution is 0.764. The standard InChI is InChI=1S/C50H48N4/c1-6-30-53(47-24-12-10-20-43(47)34(2)3)41-28-26-37(27-29-41)44-22-15-23-45(51-44)38-31-39(49-35(4)16-14-17-36(49)5)33-40(32-38)50-52-46-21-11-13-25-48(46)54(50)42-18-8-7-9-19-42/h7-10,12-20,22-29,31-33,45,51H,2,6,11,21,30H2,1,3-5H3. The molecule has 2 aliphatic rings. The SMILES string of the molecule is C=C(C)c1ccccc1N(CCC)c1ccc(C2=CC=CC(c3cc(-c4c(C)cccc4C)cc(-c4nc5c(n4-c4ccccc4)C=CCC5)c3)N2)cc1. The Kier molecular flexibility index (Phi) is 9.75. The summed E-state index contributed by atoms with van der Waals surface area (Å²) in [5, 5.41) is 3.91. The van der Waals surface area contributed by atoms with Crippen LogP contribution in [0.25, 0.3) is 45.5 Å². The van der Waals surface area contributed by atoms with Gasteiger partial charge in [-0.05, 0) is 140 Å². The summed E-state index contributed by atoms with van der Waals surface area (Å²) >= 11 is 0. The number of rotatable bonds is 10. The first kappa shape index (κ1) is 34.9. The molecule has 0 saturated carbocycles. The van der Waals surface area contributed by atoms with Crippen molar-refractivity contribution in [3.8, 4) is 28.2 Å². The van der Waals surface area contributed by atoms with Crippen molar-refractivity contribution in [2.75, 3.05) is 11.4 Å². The molecular weight excluding hydrogens is 657 g/mol. The molecule has 5 aromatic carbocycles. The number of nitrogens with one attached hydrogen (secondary N) is 1. The molecule has 1 atom stereocenters. The maximum absolute atomic E-state index is 5.35. The Morgan fingerprint density at radius 2 is 1.59 bits per heavy atom. The molecule has 4 heteroatoms. The molecule has 268 valence electrons. The first-order chi connectivity index (χ1) is 26.4. The fraction of sp³-hybridized carbons (Fsp3) is 0.180. The fourth-order valence-electron chi connectivity index (χ4n) is 8.06. The van der Waals surface area contributed by atoms with E-state index in [2.05, 4.69) is 195 Å². The average molecular weight is 705 g/mol. The number of para-hydroxylation sites is 2. The van der Waals surface area contributed by atoms with E-state index in [1.54, 1.807) is 0 Å². The van der Waals surface area contributed by atoms with Crippen LogP contribution >= 0.6 is 0 Å². The van der Waals surface area contributed by atoms with E-state index >= 15 is 0 Å². The predicted octanol–water partition coefficient (Wildman–Crippen LogP) is 12.6. The quantitative estimate of drug-likeness (QED) is 0.154. The molecule has 1 aliphatic carbocycles. The van der Waals surface area contributed by atoms with E-state index in [0.717, 1.165) is 65.4 Å². The Morgan fingerprint density at radius 1 is 0.852 bits per heavy atom. The Morgan fingerprint density at radius 3 is 2.35 bits per heavy atom. The zero-order chi connectivity index (χ0) is 37.2. The van der Waals surface area contributed by atoms with Gasteiger partial charge in [0.05, 0.1) is 17.4 Å².